The van der Waals surface area contributed by atoms with E-state index in [1.54, 1.807) is 29.2 Å². The summed E-state index contributed by atoms with van der Waals surface area (Å²) in [6.07, 6.45) is 55.8. The van der Waals surface area contributed by atoms with Crippen LogP contribution in [0.5, 0.6) is 0 Å². The summed E-state index contributed by atoms with van der Waals surface area (Å²) >= 11 is 11.2. The van der Waals surface area contributed by atoms with E-state index in [-0.39, 0.29) is 0 Å². The standard InChI is InChI=1S/3C20H33.H3O2PS2.3Zn/c3*1-2-3-4-5-6-7-8-9-10-11-12-14-17-20-18-15-13-16-19-20;1-3(2,4)5;;;/h3*13,15-16,18H,2-12,14,17H2,1H3;(H3,1,2,4,5);;;/q;;;;3*+1/p-3. The molecule has 0 radical (unpaired) electrons. The first-order valence-electron chi connectivity index (χ1n) is 28.5. The molecule has 0 bridgehead atoms. The van der Waals surface area contributed by atoms with Crippen molar-refractivity contribution < 1.29 is 64.7 Å². The molecule has 2 nitrogen and oxygen atoms in total. The zero-order valence-corrected chi connectivity index (χ0v) is 56.1. The van der Waals surface area contributed by atoms with Crippen LogP contribution < -0.4 is 22.3 Å². The number of benzene rings is 3. The molecule has 0 fully saturated rings. The van der Waals surface area contributed by atoms with E-state index < -0.39 is 5.69 Å². The monoisotopic (exact) mass is 1140 g/mol. The van der Waals surface area contributed by atoms with Gasteiger partial charge in [0.1, 0.15) is 0 Å². The molecule has 0 aliphatic heterocycles. The summed E-state index contributed by atoms with van der Waals surface area (Å²) in [6.45, 7) is 6.88. The van der Waals surface area contributed by atoms with Crippen LogP contribution in [0.15, 0.2) is 72.8 Å². The van der Waals surface area contributed by atoms with Crippen LogP contribution in [-0.4, -0.2) is 0 Å². The van der Waals surface area contributed by atoms with E-state index in [0.717, 1.165) is 0 Å². The van der Waals surface area contributed by atoms with Gasteiger partial charge in [0.25, 0.3) is 0 Å². The summed E-state index contributed by atoms with van der Waals surface area (Å²) < 4.78 is 4.75. The van der Waals surface area contributed by atoms with Gasteiger partial charge < -0.3 is 27.7 Å². The Morgan fingerprint density at radius 2 is 0.471 bits per heavy atom. The number of hydrogen-bond acceptors (Lipinski definition) is 4. The summed E-state index contributed by atoms with van der Waals surface area (Å²) in [5.41, 5.74) is 1.08. The third-order valence-corrected chi connectivity index (χ3v) is 17.6. The molecule has 3 aromatic rings. The van der Waals surface area contributed by atoms with Gasteiger partial charge in [-0.3, -0.25) is 0 Å². The van der Waals surface area contributed by atoms with Crippen molar-refractivity contribution in [3.63, 3.8) is 0 Å². The van der Waals surface area contributed by atoms with E-state index in [0.29, 0.717) is 0 Å². The molecular formula is C60H99O2PS2Zn3. The van der Waals surface area contributed by atoms with Gasteiger partial charge in [-0.15, -0.1) is 0 Å². The molecule has 0 heterocycles. The predicted octanol–water partition coefficient (Wildman–Crippen LogP) is 16.8. The van der Waals surface area contributed by atoms with Gasteiger partial charge in [-0.2, -0.15) is 11.8 Å². The van der Waals surface area contributed by atoms with Crippen molar-refractivity contribution in [2.45, 2.75) is 271 Å². The Kier molecular flexibility index (Phi) is 52.7. The largest absolute Gasteiger partial charge is 0.850 e. The van der Waals surface area contributed by atoms with E-state index >= 15 is 0 Å². The number of aryl methyl sites for hydroxylation is 3. The Bertz CT molecular complexity index is 1380. The average molecular weight is 1140 g/mol. The van der Waals surface area contributed by atoms with Gasteiger partial charge in [-0.05, 0) is 0 Å². The number of hydrogen-bond donors (Lipinski definition) is 0. The molecule has 0 atom stereocenters. The van der Waals surface area contributed by atoms with Crippen LogP contribution in [0.4, 0.5) is 0 Å². The number of rotatable bonds is 39. The zero-order valence-electron chi connectivity index (χ0n) is 44.7. The Balaban J connectivity index is 0.000000941. The average Bonchev–Trinajstić information content (AvgIpc) is 3.31. The summed E-state index contributed by atoms with van der Waals surface area (Å²) in [4.78, 5) is 18.6. The summed E-state index contributed by atoms with van der Waals surface area (Å²) in [5.74, 6) is 0. The van der Waals surface area contributed by atoms with E-state index in [1.807, 2.05) is 0 Å². The molecule has 0 amide bonds. The van der Waals surface area contributed by atoms with Gasteiger partial charge in [-0.1, -0.05) is 78.6 Å². The van der Waals surface area contributed by atoms with Crippen LogP contribution in [-0.2, 0) is 98.2 Å². The predicted molar refractivity (Wildman–Crippen MR) is 294 cm³/mol. The van der Waals surface area contributed by atoms with Crippen molar-refractivity contribution in [3.05, 3.63) is 89.5 Å². The SMILES string of the molecule is CCCCCCCCCCCCCCc1cccc[c]1[Zn+].CCCCCCCCCCCCCCc1cccc[c]1[Zn+].CCCCCCCCCCCCCCc1cccc[c]1[Zn+].[O-]P([O-])(=S)[S-]. The van der Waals surface area contributed by atoms with Crippen molar-refractivity contribution in [1.82, 2.24) is 0 Å². The van der Waals surface area contributed by atoms with Gasteiger partial charge in [0.15, 0.2) is 0 Å². The van der Waals surface area contributed by atoms with E-state index in [9.17, 15) is 9.79 Å². The van der Waals surface area contributed by atoms with Gasteiger partial charge in [0.2, 0.25) is 0 Å². The van der Waals surface area contributed by atoms with Crippen LogP contribution >= 0.6 is 5.69 Å². The first-order valence-corrected chi connectivity index (χ1v) is 36.6. The normalized spacial score (nSPS) is 11.1. The minimum absolute atomic E-state index is 1.30. The second-order valence-corrected chi connectivity index (χ2v) is 28.9. The topological polar surface area (TPSA) is 46.1 Å². The molecule has 0 unspecified atom stereocenters. The Hall–Kier alpha value is 0.450. The summed E-state index contributed by atoms with van der Waals surface area (Å²) in [6, 6.07) is 26.9. The fourth-order valence-corrected chi connectivity index (χ4v) is 11.6. The van der Waals surface area contributed by atoms with Crippen LogP contribution in [0.2, 0.25) is 0 Å². The van der Waals surface area contributed by atoms with E-state index in [4.69, 9.17) is 0 Å². The second-order valence-electron chi connectivity index (χ2n) is 19.7. The summed E-state index contributed by atoms with van der Waals surface area (Å²) in [7, 11) is 0. The van der Waals surface area contributed by atoms with E-state index in [2.05, 4.69) is 118 Å². The zero-order chi connectivity index (χ0) is 50.0. The molecule has 0 saturated heterocycles. The summed E-state index contributed by atoms with van der Waals surface area (Å²) in [5, 5.41) is 0. The molecular weight excluding hydrogens is 1040 g/mol. The van der Waals surface area contributed by atoms with Crippen molar-refractivity contribution in [2.75, 3.05) is 0 Å². The van der Waals surface area contributed by atoms with Crippen molar-refractivity contribution >= 4 is 42.2 Å². The van der Waals surface area contributed by atoms with Crippen LogP contribution in [0.25, 0.3) is 0 Å². The molecule has 3 aromatic carbocycles. The minimum atomic E-state index is -3.72. The van der Waals surface area contributed by atoms with Crippen LogP contribution in [0.1, 0.15) is 269 Å². The van der Waals surface area contributed by atoms with Crippen molar-refractivity contribution in [1.29, 1.82) is 0 Å². The maximum Gasteiger partial charge on any atom is -0.160 e. The minimum Gasteiger partial charge on any atom is -0.850 e. The first kappa shape index (κ1) is 68.5. The second kappa shape index (κ2) is 52.3. The Morgan fingerprint density at radius 3 is 0.632 bits per heavy atom. The molecule has 0 spiro atoms. The molecule has 8 heteroatoms. The molecule has 374 valence electrons. The molecule has 0 aliphatic carbocycles. The Morgan fingerprint density at radius 1 is 0.324 bits per heavy atom. The maximum atomic E-state index is 9.29. The molecule has 3 rings (SSSR count). The molecule has 0 N–H and O–H groups in total. The smallest absolute Gasteiger partial charge is 0.160 e. The molecule has 0 aromatic heterocycles. The molecule has 68 heavy (non-hydrogen) atoms. The van der Waals surface area contributed by atoms with Gasteiger partial charge in [0, 0.05) is 0 Å². The molecule has 0 saturated carbocycles. The van der Waals surface area contributed by atoms with Gasteiger partial charge in [0.05, 0.1) is 0 Å². The maximum absolute atomic E-state index is 9.29. The fraction of sp³-hybridized carbons (Fsp3) is 0.700. The number of unbranched alkanes of at least 4 members (excludes halogenated alkanes) is 33. The van der Waals surface area contributed by atoms with Crippen molar-refractivity contribution in [2.24, 2.45) is 0 Å². The van der Waals surface area contributed by atoms with Gasteiger partial charge >= 0.3 is 349 Å². The fourth-order valence-electron chi connectivity index (χ4n) is 8.87. The first-order chi connectivity index (χ1) is 33.0. The van der Waals surface area contributed by atoms with Crippen LogP contribution in [0, 0.1) is 0 Å². The third-order valence-electron chi connectivity index (χ3n) is 13.3. The van der Waals surface area contributed by atoms with Crippen molar-refractivity contribution in [3.8, 4) is 0 Å². The van der Waals surface area contributed by atoms with Crippen LogP contribution in [0.3, 0.4) is 0 Å². The van der Waals surface area contributed by atoms with Gasteiger partial charge in [-0.25, -0.2) is 0 Å². The van der Waals surface area contributed by atoms with E-state index in [1.165, 1.54) is 305 Å². The molecule has 0 aliphatic rings. The Labute approximate surface area is 463 Å². The third kappa shape index (κ3) is 50.0. The quantitative estimate of drug-likeness (QED) is 0.0247.